The number of halogens is 4. The van der Waals surface area contributed by atoms with Gasteiger partial charge in [0.05, 0.1) is 0 Å². The summed E-state index contributed by atoms with van der Waals surface area (Å²) in [6, 6.07) is 8.17. The van der Waals surface area contributed by atoms with E-state index in [4.69, 9.17) is 5.84 Å². The summed E-state index contributed by atoms with van der Waals surface area (Å²) in [6.07, 6.45) is 0.706. The fraction of sp³-hybridized carbons (Fsp3) is 0.200. The molecule has 0 aromatic heterocycles. The van der Waals surface area contributed by atoms with E-state index >= 15 is 0 Å². The summed E-state index contributed by atoms with van der Waals surface area (Å²) in [5.74, 6) is 3.33. The molecule has 0 amide bonds. The minimum Gasteiger partial charge on any atom is -0.271 e. The Morgan fingerprint density at radius 1 is 0.952 bits per heavy atom. The molecule has 2 nitrogen and oxygen atoms in total. The monoisotopic (exact) mass is 358 g/mol. The summed E-state index contributed by atoms with van der Waals surface area (Å²) >= 11 is 3.19. The van der Waals surface area contributed by atoms with Gasteiger partial charge in [0.2, 0.25) is 0 Å². The molecule has 0 aliphatic heterocycles. The van der Waals surface area contributed by atoms with Gasteiger partial charge in [0.15, 0.2) is 11.6 Å². The quantitative estimate of drug-likeness (QED) is 0.634. The van der Waals surface area contributed by atoms with E-state index in [-0.39, 0.29) is 11.9 Å². The van der Waals surface area contributed by atoms with Gasteiger partial charge in [0, 0.05) is 10.5 Å². The van der Waals surface area contributed by atoms with Gasteiger partial charge in [-0.15, -0.1) is 0 Å². The van der Waals surface area contributed by atoms with Crippen molar-refractivity contribution in [2.24, 2.45) is 5.84 Å². The normalized spacial score (nSPS) is 12.4. The lowest BCUT2D eigenvalue weighted by Gasteiger charge is -2.16. The molecule has 0 radical (unpaired) electrons. The Morgan fingerprint density at radius 2 is 1.71 bits per heavy atom. The van der Waals surface area contributed by atoms with Crippen LogP contribution < -0.4 is 11.3 Å². The van der Waals surface area contributed by atoms with Crippen LogP contribution in [0, 0.1) is 17.5 Å². The Balaban J connectivity index is 2.10. The van der Waals surface area contributed by atoms with E-state index in [2.05, 4.69) is 21.4 Å². The Morgan fingerprint density at radius 3 is 2.33 bits per heavy atom. The molecular weight excluding hydrogens is 345 g/mol. The molecule has 6 heteroatoms. The van der Waals surface area contributed by atoms with Gasteiger partial charge in [0.25, 0.3) is 0 Å². The smallest absolute Gasteiger partial charge is 0.159 e. The van der Waals surface area contributed by atoms with E-state index in [0.717, 1.165) is 12.1 Å². The molecule has 0 heterocycles. The van der Waals surface area contributed by atoms with Gasteiger partial charge in [-0.2, -0.15) is 0 Å². The lowest BCUT2D eigenvalue weighted by Crippen LogP contribution is -2.38. The first-order chi connectivity index (χ1) is 9.99. The maximum absolute atomic E-state index is 13.8. The summed E-state index contributed by atoms with van der Waals surface area (Å²) in [5.41, 5.74) is 3.68. The number of rotatable bonds is 5. The molecule has 0 bridgehead atoms. The molecule has 3 N–H and O–H groups in total. The fourth-order valence-electron chi connectivity index (χ4n) is 2.09. The molecular formula is C15H14BrF3N2. The van der Waals surface area contributed by atoms with E-state index in [1.54, 1.807) is 12.1 Å². The van der Waals surface area contributed by atoms with Crippen LogP contribution in [-0.4, -0.2) is 6.04 Å². The molecule has 0 aliphatic rings. The summed E-state index contributed by atoms with van der Waals surface area (Å²) in [6.45, 7) is 0. The van der Waals surface area contributed by atoms with E-state index in [1.165, 1.54) is 12.1 Å². The maximum atomic E-state index is 13.8. The number of hydrazine groups is 1. The molecule has 0 spiro atoms. The number of hydrogen-bond donors (Lipinski definition) is 2. The van der Waals surface area contributed by atoms with Gasteiger partial charge in [-0.05, 0) is 48.2 Å². The molecule has 112 valence electrons. The number of nitrogens with one attached hydrogen (secondary N) is 1. The molecule has 2 aromatic rings. The molecule has 0 saturated carbocycles. The van der Waals surface area contributed by atoms with Crippen molar-refractivity contribution >= 4 is 15.9 Å². The van der Waals surface area contributed by atoms with Crippen LogP contribution in [0.2, 0.25) is 0 Å². The molecule has 2 rings (SSSR count). The second-order valence-corrected chi connectivity index (χ2v) is 5.67. The zero-order valence-electron chi connectivity index (χ0n) is 11.0. The minimum absolute atomic E-state index is 0.287. The van der Waals surface area contributed by atoms with Crippen molar-refractivity contribution in [3.63, 3.8) is 0 Å². The maximum Gasteiger partial charge on any atom is 0.159 e. The van der Waals surface area contributed by atoms with Crippen LogP contribution in [-0.2, 0) is 12.8 Å². The largest absolute Gasteiger partial charge is 0.271 e. The summed E-state index contributed by atoms with van der Waals surface area (Å²) in [5, 5.41) is 0. The third-order valence-corrected chi connectivity index (χ3v) is 3.68. The van der Waals surface area contributed by atoms with Crippen LogP contribution in [0.3, 0.4) is 0 Å². The predicted octanol–water partition coefficient (Wildman–Crippen LogP) is 3.48. The average Bonchev–Trinajstić information content (AvgIpc) is 2.44. The first kappa shape index (κ1) is 16.0. The van der Waals surface area contributed by atoms with Gasteiger partial charge in [-0.25, -0.2) is 13.2 Å². The summed E-state index contributed by atoms with van der Waals surface area (Å²) < 4.78 is 40.5. The average molecular weight is 359 g/mol. The first-order valence-electron chi connectivity index (χ1n) is 6.33. The Hall–Kier alpha value is -1.37. The van der Waals surface area contributed by atoms with Gasteiger partial charge in [-0.1, -0.05) is 28.1 Å². The van der Waals surface area contributed by atoms with E-state index in [0.29, 0.717) is 28.4 Å². The molecule has 0 aliphatic carbocycles. The van der Waals surface area contributed by atoms with E-state index in [9.17, 15) is 13.2 Å². The summed E-state index contributed by atoms with van der Waals surface area (Å²) in [4.78, 5) is 0. The van der Waals surface area contributed by atoms with Crippen molar-refractivity contribution in [3.05, 3.63) is 69.4 Å². The zero-order valence-corrected chi connectivity index (χ0v) is 12.6. The highest BCUT2D eigenvalue weighted by molar-refractivity contribution is 9.10. The van der Waals surface area contributed by atoms with Crippen molar-refractivity contribution < 1.29 is 13.2 Å². The Labute approximate surface area is 129 Å². The van der Waals surface area contributed by atoms with Crippen molar-refractivity contribution in [1.82, 2.24) is 5.43 Å². The fourth-order valence-corrected chi connectivity index (χ4v) is 2.43. The van der Waals surface area contributed by atoms with Gasteiger partial charge < -0.3 is 0 Å². The topological polar surface area (TPSA) is 38.0 Å². The lowest BCUT2D eigenvalue weighted by molar-refractivity contribution is 0.493. The second kappa shape index (κ2) is 7.06. The van der Waals surface area contributed by atoms with Crippen molar-refractivity contribution in [1.29, 1.82) is 0 Å². The molecule has 21 heavy (non-hydrogen) atoms. The van der Waals surface area contributed by atoms with Crippen LogP contribution in [0.5, 0.6) is 0 Å². The number of benzene rings is 2. The van der Waals surface area contributed by atoms with Crippen LogP contribution >= 0.6 is 15.9 Å². The van der Waals surface area contributed by atoms with Crippen LogP contribution in [0.1, 0.15) is 11.1 Å². The van der Waals surface area contributed by atoms with Crippen LogP contribution in [0.15, 0.2) is 40.9 Å². The second-order valence-electron chi connectivity index (χ2n) is 4.76. The molecule has 1 atom stereocenters. The third kappa shape index (κ3) is 4.30. The van der Waals surface area contributed by atoms with Crippen LogP contribution in [0.4, 0.5) is 13.2 Å². The highest BCUT2D eigenvalue weighted by atomic mass is 79.9. The summed E-state index contributed by atoms with van der Waals surface area (Å²) in [7, 11) is 0. The predicted molar refractivity (Wildman–Crippen MR) is 79.0 cm³/mol. The third-order valence-electron chi connectivity index (χ3n) is 3.18. The van der Waals surface area contributed by atoms with E-state index in [1.807, 2.05) is 0 Å². The Bertz CT molecular complexity index is 634. The Kier molecular flexibility index (Phi) is 5.39. The van der Waals surface area contributed by atoms with Crippen molar-refractivity contribution in [2.45, 2.75) is 18.9 Å². The van der Waals surface area contributed by atoms with E-state index < -0.39 is 11.6 Å². The molecule has 0 fully saturated rings. The van der Waals surface area contributed by atoms with Gasteiger partial charge in [-0.3, -0.25) is 11.3 Å². The van der Waals surface area contributed by atoms with Crippen LogP contribution in [0.25, 0.3) is 0 Å². The standard InChI is InChI=1S/C15H14BrF3N2/c16-11-3-2-10(14(18)8-11)7-12(21-20)5-9-1-4-13(17)15(19)6-9/h1-4,6,8,12,21H,5,7,20H2. The lowest BCUT2D eigenvalue weighted by atomic mass is 9.99. The molecule has 2 aromatic carbocycles. The first-order valence-corrected chi connectivity index (χ1v) is 7.13. The number of hydrogen-bond acceptors (Lipinski definition) is 2. The minimum atomic E-state index is -0.905. The highest BCUT2D eigenvalue weighted by Crippen LogP contribution is 2.18. The van der Waals surface area contributed by atoms with Crippen molar-refractivity contribution in [3.8, 4) is 0 Å². The SMILES string of the molecule is NNC(Cc1ccc(F)c(F)c1)Cc1ccc(Br)cc1F. The van der Waals surface area contributed by atoms with Gasteiger partial charge in [0.1, 0.15) is 5.82 Å². The zero-order chi connectivity index (χ0) is 15.4. The highest BCUT2D eigenvalue weighted by Gasteiger charge is 2.13. The van der Waals surface area contributed by atoms with Crippen molar-refractivity contribution in [2.75, 3.05) is 0 Å². The molecule has 1 unspecified atom stereocenters. The number of nitrogens with two attached hydrogens (primary N) is 1. The van der Waals surface area contributed by atoms with Gasteiger partial charge >= 0.3 is 0 Å². The molecule has 0 saturated heterocycles.